The number of nitrogens with zero attached hydrogens (tertiary/aromatic N) is 3. The van der Waals surface area contributed by atoms with E-state index in [1.54, 1.807) is 11.0 Å². The number of aromatic nitrogens is 3. The Morgan fingerprint density at radius 1 is 1.22 bits per heavy atom. The third-order valence-corrected chi connectivity index (χ3v) is 4.74. The summed E-state index contributed by atoms with van der Waals surface area (Å²) in [5, 5.41) is 7.97. The van der Waals surface area contributed by atoms with Crippen molar-refractivity contribution in [2.45, 2.75) is 57.5 Å². The van der Waals surface area contributed by atoms with Crippen molar-refractivity contribution in [3.05, 3.63) is 12.2 Å². The number of hydrogen-bond donors (Lipinski definition) is 1. The van der Waals surface area contributed by atoms with E-state index in [0.717, 1.165) is 24.2 Å². The lowest BCUT2D eigenvalue weighted by Crippen LogP contribution is -2.38. The van der Waals surface area contributed by atoms with Crippen molar-refractivity contribution in [3.63, 3.8) is 0 Å². The molecule has 3 rings (SSSR count). The maximum atomic E-state index is 4.32. The largest absolute Gasteiger partial charge is 0.307 e. The summed E-state index contributed by atoms with van der Waals surface area (Å²) in [4.78, 5) is 4.27. The van der Waals surface area contributed by atoms with Crippen LogP contribution in [0.5, 0.6) is 0 Å². The van der Waals surface area contributed by atoms with Crippen LogP contribution in [-0.4, -0.2) is 20.8 Å². The minimum absolute atomic E-state index is 0.688. The molecule has 2 fully saturated rings. The second-order valence-corrected chi connectivity index (χ2v) is 6.03. The molecular formula is C14H24N4. The maximum Gasteiger partial charge on any atom is 0.164 e. The average Bonchev–Trinajstić information content (AvgIpc) is 2.82. The Labute approximate surface area is 109 Å². The number of rotatable bonds is 3. The third-order valence-electron chi connectivity index (χ3n) is 4.74. The van der Waals surface area contributed by atoms with E-state index in [4.69, 9.17) is 0 Å². The van der Waals surface area contributed by atoms with E-state index in [1.807, 2.05) is 7.05 Å². The molecule has 0 aliphatic heterocycles. The highest BCUT2D eigenvalue weighted by Crippen LogP contribution is 2.40. The predicted octanol–water partition coefficient (Wildman–Crippen LogP) is 2.26. The van der Waals surface area contributed by atoms with Gasteiger partial charge >= 0.3 is 0 Å². The van der Waals surface area contributed by atoms with E-state index in [9.17, 15) is 0 Å². The molecule has 3 unspecified atom stereocenters. The first kappa shape index (κ1) is 12.2. The molecule has 2 aliphatic rings. The summed E-state index contributed by atoms with van der Waals surface area (Å²) < 4.78 is 1.77. The van der Waals surface area contributed by atoms with Gasteiger partial charge in [-0.25, -0.2) is 4.98 Å². The van der Waals surface area contributed by atoms with E-state index in [0.29, 0.717) is 6.04 Å². The van der Waals surface area contributed by atoms with Crippen molar-refractivity contribution < 1.29 is 0 Å². The molecule has 3 atom stereocenters. The summed E-state index contributed by atoms with van der Waals surface area (Å²) in [6, 6.07) is 0.688. The zero-order valence-electron chi connectivity index (χ0n) is 11.3. The van der Waals surface area contributed by atoms with Crippen LogP contribution in [0.15, 0.2) is 6.33 Å². The average molecular weight is 248 g/mol. The lowest BCUT2D eigenvalue weighted by atomic mass is 9.69. The zero-order valence-corrected chi connectivity index (χ0v) is 11.3. The fourth-order valence-electron chi connectivity index (χ4n) is 3.76. The topological polar surface area (TPSA) is 42.7 Å². The fourth-order valence-corrected chi connectivity index (χ4v) is 3.76. The molecule has 4 heteroatoms. The van der Waals surface area contributed by atoms with Crippen LogP contribution < -0.4 is 5.32 Å². The Morgan fingerprint density at radius 3 is 2.83 bits per heavy atom. The van der Waals surface area contributed by atoms with Crippen molar-refractivity contribution >= 4 is 0 Å². The quantitative estimate of drug-likeness (QED) is 0.892. The van der Waals surface area contributed by atoms with Crippen LogP contribution in [0.4, 0.5) is 0 Å². The molecule has 1 aromatic rings. The Morgan fingerprint density at radius 2 is 2.06 bits per heavy atom. The van der Waals surface area contributed by atoms with Gasteiger partial charge in [0.05, 0.1) is 6.54 Å². The SMILES string of the molecule is Cn1cnc(CNC2CCC3CCCCC3C2)n1. The minimum atomic E-state index is 0.688. The van der Waals surface area contributed by atoms with E-state index in [2.05, 4.69) is 15.4 Å². The molecular weight excluding hydrogens is 224 g/mol. The third kappa shape index (κ3) is 2.74. The second-order valence-electron chi connectivity index (χ2n) is 6.03. The minimum Gasteiger partial charge on any atom is -0.307 e. The molecule has 100 valence electrons. The number of fused-ring (bicyclic) bond motifs is 1. The molecule has 0 radical (unpaired) electrons. The summed E-state index contributed by atoms with van der Waals surface area (Å²) in [6.45, 7) is 0.822. The Hall–Kier alpha value is -0.900. The van der Waals surface area contributed by atoms with Gasteiger partial charge in [-0.05, 0) is 31.1 Å². The molecule has 1 heterocycles. The van der Waals surface area contributed by atoms with Gasteiger partial charge < -0.3 is 5.32 Å². The number of hydrogen-bond acceptors (Lipinski definition) is 3. The van der Waals surface area contributed by atoms with Crippen LogP contribution in [0.2, 0.25) is 0 Å². The van der Waals surface area contributed by atoms with Gasteiger partial charge in [0.2, 0.25) is 0 Å². The van der Waals surface area contributed by atoms with Crippen LogP contribution >= 0.6 is 0 Å². The van der Waals surface area contributed by atoms with Gasteiger partial charge in [0.25, 0.3) is 0 Å². The van der Waals surface area contributed by atoms with Gasteiger partial charge in [-0.1, -0.05) is 25.7 Å². The molecule has 0 spiro atoms. The highest BCUT2D eigenvalue weighted by Gasteiger charge is 2.31. The second kappa shape index (κ2) is 5.39. The van der Waals surface area contributed by atoms with Crippen LogP contribution in [0.3, 0.4) is 0 Å². The summed E-state index contributed by atoms with van der Waals surface area (Å²) >= 11 is 0. The first-order chi connectivity index (χ1) is 8.81. The summed E-state index contributed by atoms with van der Waals surface area (Å²) in [5.74, 6) is 2.94. The van der Waals surface area contributed by atoms with Crippen molar-refractivity contribution in [2.75, 3.05) is 0 Å². The molecule has 4 nitrogen and oxygen atoms in total. The first-order valence-electron chi connectivity index (χ1n) is 7.39. The molecule has 1 aromatic heterocycles. The highest BCUT2D eigenvalue weighted by molar-refractivity contribution is 4.88. The molecule has 0 aromatic carbocycles. The van der Waals surface area contributed by atoms with Gasteiger partial charge in [0, 0.05) is 13.1 Å². The van der Waals surface area contributed by atoms with E-state index < -0.39 is 0 Å². The first-order valence-corrected chi connectivity index (χ1v) is 7.39. The van der Waals surface area contributed by atoms with E-state index in [1.165, 1.54) is 44.9 Å². The Bertz CT molecular complexity index is 387. The van der Waals surface area contributed by atoms with E-state index in [-0.39, 0.29) is 0 Å². The van der Waals surface area contributed by atoms with Crippen molar-refractivity contribution in [1.29, 1.82) is 0 Å². The van der Waals surface area contributed by atoms with Gasteiger partial charge in [-0.2, -0.15) is 5.10 Å². The zero-order chi connectivity index (χ0) is 12.4. The predicted molar refractivity (Wildman–Crippen MR) is 70.9 cm³/mol. The Kier molecular flexibility index (Phi) is 3.64. The molecule has 0 bridgehead atoms. The highest BCUT2D eigenvalue weighted by atomic mass is 15.3. The molecule has 2 aliphatic carbocycles. The maximum absolute atomic E-state index is 4.32. The molecule has 0 amide bonds. The summed E-state index contributed by atoms with van der Waals surface area (Å²) in [7, 11) is 1.92. The molecule has 18 heavy (non-hydrogen) atoms. The van der Waals surface area contributed by atoms with Crippen LogP contribution in [0, 0.1) is 11.8 Å². The summed E-state index contributed by atoms with van der Waals surface area (Å²) in [6.07, 6.45) is 11.8. The van der Waals surface area contributed by atoms with Crippen LogP contribution in [0.25, 0.3) is 0 Å². The molecule has 1 N–H and O–H groups in total. The van der Waals surface area contributed by atoms with Crippen molar-refractivity contribution in [2.24, 2.45) is 18.9 Å². The van der Waals surface area contributed by atoms with Crippen LogP contribution in [-0.2, 0) is 13.6 Å². The standard InChI is InChI=1S/C14H24N4/c1-18-10-16-14(17-18)9-15-13-7-6-11-4-2-3-5-12(11)8-13/h10-13,15H,2-9H2,1H3. The Balaban J connectivity index is 1.49. The molecule has 2 saturated carbocycles. The number of aryl methyl sites for hydroxylation is 1. The summed E-state index contributed by atoms with van der Waals surface area (Å²) in [5.41, 5.74) is 0. The lowest BCUT2D eigenvalue weighted by Gasteiger charge is -2.39. The van der Waals surface area contributed by atoms with E-state index >= 15 is 0 Å². The molecule has 0 saturated heterocycles. The van der Waals surface area contributed by atoms with Crippen molar-refractivity contribution in [1.82, 2.24) is 20.1 Å². The smallest absolute Gasteiger partial charge is 0.164 e. The van der Waals surface area contributed by atoms with Gasteiger partial charge in [0.1, 0.15) is 6.33 Å². The van der Waals surface area contributed by atoms with Gasteiger partial charge in [-0.3, -0.25) is 4.68 Å². The van der Waals surface area contributed by atoms with Gasteiger partial charge in [-0.15, -0.1) is 0 Å². The number of nitrogens with one attached hydrogen (secondary N) is 1. The van der Waals surface area contributed by atoms with Gasteiger partial charge in [0.15, 0.2) is 5.82 Å². The lowest BCUT2D eigenvalue weighted by molar-refractivity contribution is 0.143. The fraction of sp³-hybridized carbons (Fsp3) is 0.857. The van der Waals surface area contributed by atoms with Crippen molar-refractivity contribution in [3.8, 4) is 0 Å². The van der Waals surface area contributed by atoms with Crippen LogP contribution in [0.1, 0.15) is 50.8 Å². The monoisotopic (exact) mass is 248 g/mol. The normalized spacial score (nSPS) is 32.2.